The zero-order valence-corrected chi connectivity index (χ0v) is 17.3. The first-order chi connectivity index (χ1) is 14.0. The van der Waals surface area contributed by atoms with E-state index in [0.29, 0.717) is 46.6 Å². The number of fused-ring (bicyclic) bond motifs is 2. The smallest absolute Gasteiger partial charge is 0.181 e. The molecule has 1 saturated carbocycles. The van der Waals surface area contributed by atoms with Crippen molar-refractivity contribution in [2.75, 3.05) is 35.5 Å². The fraction of sp³-hybridized carbons (Fsp3) is 0.455. The Kier molecular flexibility index (Phi) is 4.56. The molecule has 4 rings (SSSR count). The van der Waals surface area contributed by atoms with Crippen LogP contribution in [0, 0.1) is 5.41 Å². The van der Waals surface area contributed by atoms with Gasteiger partial charge in [0, 0.05) is 6.07 Å². The quantitative estimate of drug-likeness (QED) is 0.706. The highest BCUT2D eigenvalue weighted by Gasteiger charge is 2.57. The summed E-state index contributed by atoms with van der Waals surface area (Å²) in [6, 6.07) is 1.67. The number of benzene rings is 2. The predicted octanol–water partition coefficient (Wildman–Crippen LogP) is 3.82. The summed E-state index contributed by atoms with van der Waals surface area (Å²) < 4.78 is 28.1. The zero-order valence-electron chi connectivity index (χ0n) is 17.3. The van der Waals surface area contributed by atoms with Gasteiger partial charge < -0.3 is 23.7 Å². The summed E-state index contributed by atoms with van der Waals surface area (Å²) in [6.07, 6.45) is 2.77. The Bertz CT molecular complexity index is 1030. The van der Waals surface area contributed by atoms with Gasteiger partial charge >= 0.3 is 0 Å². The molecule has 0 unspecified atom stereocenters. The van der Waals surface area contributed by atoms with Gasteiger partial charge in [-0.3, -0.25) is 9.59 Å². The van der Waals surface area contributed by atoms with Crippen LogP contribution in [0.1, 0.15) is 46.4 Å². The summed E-state index contributed by atoms with van der Waals surface area (Å²) in [5.41, 5.74) is -0.489. The van der Waals surface area contributed by atoms with Gasteiger partial charge in [0.15, 0.2) is 23.1 Å². The zero-order chi connectivity index (χ0) is 20.9. The largest absolute Gasteiger partial charge is 0.496 e. The minimum absolute atomic E-state index is 0.191. The molecule has 0 aromatic heterocycles. The summed E-state index contributed by atoms with van der Waals surface area (Å²) in [6.45, 7) is 0. The van der Waals surface area contributed by atoms with Crippen molar-refractivity contribution in [2.24, 2.45) is 5.41 Å². The molecule has 0 N–H and O–H groups in total. The number of ketones is 2. The minimum Gasteiger partial charge on any atom is -0.496 e. The molecule has 0 saturated heterocycles. The van der Waals surface area contributed by atoms with Gasteiger partial charge in [0.05, 0.1) is 62.9 Å². The first-order valence-corrected chi connectivity index (χ1v) is 9.50. The van der Waals surface area contributed by atoms with Gasteiger partial charge in [-0.2, -0.15) is 0 Å². The second-order valence-corrected chi connectivity index (χ2v) is 7.33. The van der Waals surface area contributed by atoms with Gasteiger partial charge in [0.1, 0.15) is 17.2 Å². The van der Waals surface area contributed by atoms with Gasteiger partial charge in [-0.15, -0.1) is 0 Å². The molecule has 154 valence electrons. The van der Waals surface area contributed by atoms with Crippen molar-refractivity contribution >= 4 is 22.3 Å². The number of carbonyl (C=O) groups excluding carboxylic acids is 2. The number of ether oxygens (including phenoxy) is 5. The average Bonchev–Trinajstić information content (AvgIpc) is 3.32. The Morgan fingerprint density at radius 2 is 1.14 bits per heavy atom. The van der Waals surface area contributed by atoms with Crippen LogP contribution in [0.2, 0.25) is 0 Å². The van der Waals surface area contributed by atoms with E-state index in [1.807, 2.05) is 0 Å². The van der Waals surface area contributed by atoms with E-state index in [4.69, 9.17) is 23.7 Å². The fourth-order valence-electron chi connectivity index (χ4n) is 4.91. The van der Waals surface area contributed by atoms with Crippen molar-refractivity contribution in [1.82, 2.24) is 0 Å². The third-order valence-corrected chi connectivity index (χ3v) is 6.20. The highest BCUT2D eigenvalue weighted by atomic mass is 16.5. The molecule has 0 aliphatic heterocycles. The van der Waals surface area contributed by atoms with Crippen molar-refractivity contribution in [3.8, 4) is 28.7 Å². The summed E-state index contributed by atoms with van der Waals surface area (Å²) in [5.74, 6) is 1.43. The molecule has 0 amide bonds. The van der Waals surface area contributed by atoms with E-state index < -0.39 is 5.41 Å². The van der Waals surface area contributed by atoms with Crippen molar-refractivity contribution < 1.29 is 33.3 Å². The van der Waals surface area contributed by atoms with E-state index in [0.717, 1.165) is 12.8 Å². The summed E-state index contributed by atoms with van der Waals surface area (Å²) in [5, 5.41) is 0.998. The van der Waals surface area contributed by atoms with Crippen LogP contribution in [0.3, 0.4) is 0 Å². The second kappa shape index (κ2) is 6.83. The van der Waals surface area contributed by atoms with Crippen LogP contribution in [0.4, 0.5) is 0 Å². The lowest BCUT2D eigenvalue weighted by atomic mass is 9.81. The Morgan fingerprint density at radius 1 is 0.655 bits per heavy atom. The first-order valence-electron chi connectivity index (χ1n) is 9.50. The molecule has 2 aromatic carbocycles. The molecular weight excluding hydrogens is 376 g/mol. The summed E-state index contributed by atoms with van der Waals surface area (Å²) >= 11 is 0. The van der Waals surface area contributed by atoms with Crippen LogP contribution in [0.5, 0.6) is 28.7 Å². The molecule has 2 aliphatic carbocycles. The maximum absolute atomic E-state index is 13.6. The standard InChI is InChI=1S/C22H24O7/c1-25-11-10-12(26-2)17(27-3)14-13(11)18(28-4)15-16(19(14)29-5)21(24)22(20(15)23)8-6-7-9-22/h10H,6-9H2,1-5H3. The van der Waals surface area contributed by atoms with Gasteiger partial charge in [0.2, 0.25) is 0 Å². The second-order valence-electron chi connectivity index (χ2n) is 7.33. The number of Topliss-reactive ketones (excluding diaryl/α,β-unsaturated/α-hetero) is 2. The Morgan fingerprint density at radius 3 is 1.59 bits per heavy atom. The highest BCUT2D eigenvalue weighted by molar-refractivity contribution is 6.34. The molecule has 2 aromatic rings. The molecular formula is C22H24O7. The molecule has 0 radical (unpaired) electrons. The molecule has 7 nitrogen and oxygen atoms in total. The third kappa shape index (κ3) is 2.30. The van der Waals surface area contributed by atoms with Crippen LogP contribution >= 0.6 is 0 Å². The molecule has 2 aliphatic rings. The van der Waals surface area contributed by atoms with Gasteiger partial charge in [-0.1, -0.05) is 12.8 Å². The molecule has 7 heteroatoms. The van der Waals surface area contributed by atoms with E-state index >= 15 is 0 Å². The van der Waals surface area contributed by atoms with E-state index in [2.05, 4.69) is 0 Å². The monoisotopic (exact) mass is 400 g/mol. The molecule has 1 fully saturated rings. The Balaban J connectivity index is 2.24. The van der Waals surface area contributed by atoms with Crippen LogP contribution in [-0.2, 0) is 0 Å². The fourth-order valence-corrected chi connectivity index (χ4v) is 4.91. The van der Waals surface area contributed by atoms with E-state index in [1.54, 1.807) is 6.07 Å². The number of rotatable bonds is 5. The minimum atomic E-state index is -1.02. The lowest BCUT2D eigenvalue weighted by Gasteiger charge is -2.20. The maximum Gasteiger partial charge on any atom is 0.181 e. The predicted molar refractivity (Wildman–Crippen MR) is 106 cm³/mol. The van der Waals surface area contributed by atoms with Crippen molar-refractivity contribution in [3.63, 3.8) is 0 Å². The van der Waals surface area contributed by atoms with Gasteiger partial charge in [-0.05, 0) is 12.8 Å². The highest BCUT2D eigenvalue weighted by Crippen LogP contribution is 2.59. The van der Waals surface area contributed by atoms with Crippen LogP contribution in [0.15, 0.2) is 6.07 Å². The third-order valence-electron chi connectivity index (χ3n) is 6.20. The molecule has 0 bridgehead atoms. The van der Waals surface area contributed by atoms with Crippen molar-refractivity contribution in [2.45, 2.75) is 25.7 Å². The SMILES string of the molecule is COc1cc(OC)c2c(OC)c3c(c(OC)c2c1OC)C(=O)C1(CCCC1)C3=O. The van der Waals surface area contributed by atoms with Crippen molar-refractivity contribution in [1.29, 1.82) is 0 Å². The van der Waals surface area contributed by atoms with Crippen LogP contribution < -0.4 is 23.7 Å². The molecule has 0 atom stereocenters. The normalized spacial score (nSPS) is 17.0. The number of carbonyl (C=O) groups is 2. The Hall–Kier alpha value is -2.96. The van der Waals surface area contributed by atoms with E-state index in [1.165, 1.54) is 35.5 Å². The van der Waals surface area contributed by atoms with Gasteiger partial charge in [0.25, 0.3) is 0 Å². The lowest BCUT2D eigenvalue weighted by Crippen LogP contribution is -2.29. The van der Waals surface area contributed by atoms with E-state index in [-0.39, 0.29) is 28.4 Å². The van der Waals surface area contributed by atoms with Gasteiger partial charge in [-0.25, -0.2) is 0 Å². The van der Waals surface area contributed by atoms with E-state index in [9.17, 15) is 9.59 Å². The molecule has 29 heavy (non-hydrogen) atoms. The molecule has 1 spiro atoms. The average molecular weight is 400 g/mol. The summed E-state index contributed by atoms with van der Waals surface area (Å²) in [7, 11) is 7.50. The Labute approximate surface area is 168 Å². The number of hydrogen-bond donors (Lipinski definition) is 0. The lowest BCUT2D eigenvalue weighted by molar-refractivity contribution is 0.0704. The summed E-state index contributed by atoms with van der Waals surface area (Å²) in [4.78, 5) is 27.1. The maximum atomic E-state index is 13.6. The topological polar surface area (TPSA) is 80.3 Å². The first kappa shape index (κ1) is 19.4. The van der Waals surface area contributed by atoms with Crippen LogP contribution in [0.25, 0.3) is 10.8 Å². The molecule has 0 heterocycles. The number of hydrogen-bond acceptors (Lipinski definition) is 7. The van der Waals surface area contributed by atoms with Crippen molar-refractivity contribution in [3.05, 3.63) is 17.2 Å². The number of methoxy groups -OCH3 is 5. The van der Waals surface area contributed by atoms with Crippen LogP contribution in [-0.4, -0.2) is 47.1 Å².